The van der Waals surface area contributed by atoms with Crippen molar-refractivity contribution in [2.24, 2.45) is 0 Å². The summed E-state index contributed by atoms with van der Waals surface area (Å²) in [6.45, 7) is 3.37. The molecule has 0 bridgehead atoms. The first-order valence-corrected chi connectivity index (χ1v) is 17.4. The fourth-order valence-corrected chi connectivity index (χ4v) is 6.07. The summed E-state index contributed by atoms with van der Waals surface area (Å²) in [6, 6.07) is 13.8. The Balaban J connectivity index is 1.29. The van der Waals surface area contributed by atoms with E-state index in [9.17, 15) is 9.46 Å². The highest BCUT2D eigenvalue weighted by atomic mass is 32.1. The fraction of sp³-hybridized carbons (Fsp3) is 0.531. The van der Waals surface area contributed by atoms with E-state index in [1.165, 1.54) is 77.0 Å². The smallest absolute Gasteiger partial charge is 0.372 e. The number of rotatable bonds is 22. The Morgan fingerprint density at radius 3 is 2.05 bits per heavy atom. The first-order chi connectivity index (χ1) is 19.6. The number of hydrogen-bond acceptors (Lipinski definition) is 6. The minimum atomic E-state index is -4.65. The van der Waals surface area contributed by atoms with Gasteiger partial charge in [-0.2, -0.15) is 4.57 Å². The summed E-state index contributed by atoms with van der Waals surface area (Å²) in [4.78, 5) is 12.7. The molecule has 1 atom stereocenters. The van der Waals surface area contributed by atoms with Gasteiger partial charge in [0.1, 0.15) is 17.2 Å². The standard InChI is InChI=1S/C32H46NO5PS/c1-2-3-4-5-6-7-8-9-10-11-12-13-14-17-24-36-30-20-18-21-31(26-30)37-39(34,35)38-32-22-16-15-19-29(32)27-33-23-25-40-28-33/h15-16,18-23,25-26,28H,2-14,17,24,27H2,1H3. The highest BCUT2D eigenvalue weighted by Gasteiger charge is 2.18. The van der Waals surface area contributed by atoms with Crippen molar-refractivity contribution in [3.8, 4) is 17.2 Å². The van der Waals surface area contributed by atoms with Crippen LogP contribution in [0.2, 0.25) is 0 Å². The Morgan fingerprint density at radius 1 is 0.775 bits per heavy atom. The van der Waals surface area contributed by atoms with Crippen LogP contribution in [-0.2, 0) is 11.1 Å². The molecule has 40 heavy (non-hydrogen) atoms. The average Bonchev–Trinajstić information content (AvgIpc) is 3.45. The van der Waals surface area contributed by atoms with Gasteiger partial charge in [0.2, 0.25) is 5.51 Å². The number of para-hydroxylation sites is 1. The van der Waals surface area contributed by atoms with Gasteiger partial charge in [0.25, 0.3) is 0 Å². The molecule has 1 heterocycles. The Morgan fingerprint density at radius 2 is 1.40 bits per heavy atom. The largest absolute Gasteiger partial charge is 0.736 e. The third-order valence-electron chi connectivity index (χ3n) is 6.85. The molecule has 0 amide bonds. The van der Waals surface area contributed by atoms with Crippen molar-refractivity contribution in [2.75, 3.05) is 6.61 Å². The molecule has 6 nitrogen and oxygen atoms in total. The van der Waals surface area contributed by atoms with E-state index in [4.69, 9.17) is 13.8 Å². The van der Waals surface area contributed by atoms with Gasteiger partial charge >= 0.3 is 7.82 Å². The van der Waals surface area contributed by atoms with Crippen LogP contribution in [0.1, 0.15) is 102 Å². The van der Waals surface area contributed by atoms with E-state index in [0.29, 0.717) is 18.9 Å². The first-order valence-electron chi connectivity index (χ1n) is 15.0. The molecule has 1 unspecified atom stereocenters. The lowest BCUT2D eigenvalue weighted by Gasteiger charge is -2.24. The van der Waals surface area contributed by atoms with Crippen molar-refractivity contribution >= 4 is 19.2 Å². The van der Waals surface area contributed by atoms with Gasteiger partial charge in [-0.05, 0) is 30.7 Å². The third-order valence-corrected chi connectivity index (χ3v) is 8.38. The maximum absolute atomic E-state index is 12.7. The maximum Gasteiger partial charge on any atom is 0.372 e. The number of phosphoric acid groups is 1. The summed E-state index contributed by atoms with van der Waals surface area (Å²) in [5.41, 5.74) is 2.70. The lowest BCUT2D eigenvalue weighted by atomic mass is 10.0. The third kappa shape index (κ3) is 13.3. The molecule has 0 N–H and O–H groups in total. The molecule has 0 spiro atoms. The Labute approximate surface area is 245 Å². The molecule has 0 aliphatic carbocycles. The van der Waals surface area contributed by atoms with E-state index in [0.717, 1.165) is 18.4 Å². The van der Waals surface area contributed by atoms with Crippen LogP contribution >= 0.6 is 19.2 Å². The predicted molar refractivity (Wildman–Crippen MR) is 161 cm³/mol. The molecule has 3 aromatic rings. The number of unbranched alkanes of at least 4 members (excludes halogenated alkanes) is 13. The van der Waals surface area contributed by atoms with E-state index in [1.54, 1.807) is 47.7 Å². The van der Waals surface area contributed by atoms with Gasteiger partial charge in [-0.3, -0.25) is 0 Å². The van der Waals surface area contributed by atoms with Gasteiger partial charge in [-0.25, -0.2) is 4.57 Å². The topological polar surface area (TPSA) is 71.7 Å². The average molecular weight is 588 g/mol. The second-order valence-electron chi connectivity index (χ2n) is 10.4. The van der Waals surface area contributed by atoms with Gasteiger partial charge < -0.3 is 18.7 Å². The molecule has 0 saturated carbocycles. The molecule has 0 fully saturated rings. The van der Waals surface area contributed by atoms with E-state index < -0.39 is 7.82 Å². The van der Waals surface area contributed by atoms with Crippen LogP contribution < -0.4 is 23.2 Å². The van der Waals surface area contributed by atoms with Crippen LogP contribution in [0.3, 0.4) is 0 Å². The monoisotopic (exact) mass is 587 g/mol. The molecule has 2 aromatic carbocycles. The van der Waals surface area contributed by atoms with Crippen LogP contribution in [0.5, 0.6) is 17.2 Å². The van der Waals surface area contributed by atoms with Crippen LogP contribution in [0.4, 0.5) is 0 Å². The van der Waals surface area contributed by atoms with E-state index in [2.05, 4.69) is 6.92 Å². The summed E-state index contributed by atoms with van der Waals surface area (Å²) in [5, 5.41) is 1.96. The fourth-order valence-electron chi connectivity index (χ4n) is 4.65. The molecule has 0 aliphatic heterocycles. The molecule has 0 saturated heterocycles. The second-order valence-corrected chi connectivity index (χ2v) is 12.4. The Hall–Kier alpha value is -2.34. The Bertz CT molecular complexity index is 1120. The predicted octanol–water partition coefficient (Wildman–Crippen LogP) is 8.87. The zero-order valence-electron chi connectivity index (χ0n) is 24.0. The lowest BCUT2D eigenvalue weighted by molar-refractivity contribution is -0.683. The van der Waals surface area contributed by atoms with E-state index in [1.807, 2.05) is 33.8 Å². The molecule has 0 radical (unpaired) electrons. The summed E-state index contributed by atoms with van der Waals surface area (Å²) >= 11 is 1.57. The molecule has 220 valence electrons. The molecular weight excluding hydrogens is 541 g/mol. The van der Waals surface area contributed by atoms with Crippen molar-refractivity contribution in [2.45, 2.75) is 103 Å². The Kier molecular flexibility index (Phi) is 15.2. The van der Waals surface area contributed by atoms with Gasteiger partial charge in [-0.1, -0.05) is 120 Å². The van der Waals surface area contributed by atoms with Crippen molar-refractivity contribution in [1.82, 2.24) is 0 Å². The van der Waals surface area contributed by atoms with Crippen molar-refractivity contribution in [3.05, 3.63) is 71.2 Å². The molecular formula is C32H46NO5PS. The number of benzene rings is 2. The number of hydrogen-bond donors (Lipinski definition) is 0. The lowest BCUT2D eigenvalue weighted by Crippen LogP contribution is -2.30. The zero-order valence-corrected chi connectivity index (χ0v) is 25.7. The highest BCUT2D eigenvalue weighted by molar-refractivity contribution is 7.46. The number of aromatic nitrogens is 1. The second kappa shape index (κ2) is 18.9. The highest BCUT2D eigenvalue weighted by Crippen LogP contribution is 2.42. The van der Waals surface area contributed by atoms with E-state index in [-0.39, 0.29) is 11.5 Å². The van der Waals surface area contributed by atoms with Gasteiger partial charge in [-0.15, -0.1) is 0 Å². The van der Waals surface area contributed by atoms with Crippen molar-refractivity contribution < 1.29 is 27.8 Å². The quantitative estimate of drug-likeness (QED) is 0.0667. The van der Waals surface area contributed by atoms with Crippen molar-refractivity contribution in [3.63, 3.8) is 0 Å². The van der Waals surface area contributed by atoms with Crippen LogP contribution in [0.25, 0.3) is 0 Å². The SMILES string of the molecule is CCCCCCCCCCCCCCCCOc1cccc(OP(=O)([O-])Oc2ccccc2C[n+]2ccsc2)c1. The number of phosphoric ester groups is 1. The normalized spacial score (nSPS) is 12.7. The van der Waals surface area contributed by atoms with Crippen molar-refractivity contribution in [1.29, 1.82) is 0 Å². The van der Waals surface area contributed by atoms with Crippen LogP contribution in [0.15, 0.2) is 65.6 Å². The first kappa shape index (κ1) is 32.2. The van der Waals surface area contributed by atoms with Crippen LogP contribution in [-0.4, -0.2) is 6.61 Å². The molecule has 1 aromatic heterocycles. The summed E-state index contributed by atoms with van der Waals surface area (Å²) in [5.74, 6) is 1.01. The number of ether oxygens (including phenoxy) is 1. The summed E-state index contributed by atoms with van der Waals surface area (Å²) in [6.07, 6.45) is 20.3. The zero-order chi connectivity index (χ0) is 28.3. The minimum Gasteiger partial charge on any atom is -0.736 e. The van der Waals surface area contributed by atoms with Gasteiger partial charge in [0, 0.05) is 6.07 Å². The number of thiazole rings is 1. The van der Waals surface area contributed by atoms with Crippen LogP contribution in [0, 0.1) is 0 Å². The molecule has 8 heteroatoms. The van der Waals surface area contributed by atoms with E-state index >= 15 is 0 Å². The summed E-state index contributed by atoms with van der Waals surface area (Å²) < 4.78 is 31.1. The van der Waals surface area contributed by atoms with Gasteiger partial charge in [0.05, 0.1) is 17.6 Å². The minimum absolute atomic E-state index is 0.168. The molecule has 3 rings (SSSR count). The number of nitrogens with zero attached hydrogens (tertiary/aromatic N) is 1. The summed E-state index contributed by atoms with van der Waals surface area (Å²) in [7, 11) is -4.65. The maximum atomic E-state index is 12.7. The van der Waals surface area contributed by atoms with Gasteiger partial charge in [0.15, 0.2) is 12.7 Å². The molecule has 0 aliphatic rings.